The van der Waals surface area contributed by atoms with Crippen molar-refractivity contribution in [2.45, 2.75) is 32.6 Å². The SMILES string of the molecule is CC(=O)C1CCCCC1=Nc1ccc(Cl)cc1. The van der Waals surface area contributed by atoms with Crippen LogP contribution in [-0.2, 0) is 4.79 Å². The first-order valence-corrected chi connectivity index (χ1v) is 6.38. The fraction of sp³-hybridized carbons (Fsp3) is 0.429. The van der Waals surface area contributed by atoms with Crippen LogP contribution < -0.4 is 0 Å². The van der Waals surface area contributed by atoms with E-state index in [-0.39, 0.29) is 11.7 Å². The number of hydrogen-bond acceptors (Lipinski definition) is 2. The summed E-state index contributed by atoms with van der Waals surface area (Å²) in [6.07, 6.45) is 4.15. The molecule has 1 fully saturated rings. The monoisotopic (exact) mass is 249 g/mol. The van der Waals surface area contributed by atoms with Crippen LogP contribution >= 0.6 is 11.6 Å². The van der Waals surface area contributed by atoms with Crippen LogP contribution in [0, 0.1) is 5.92 Å². The summed E-state index contributed by atoms with van der Waals surface area (Å²) in [6.45, 7) is 1.66. The summed E-state index contributed by atoms with van der Waals surface area (Å²) >= 11 is 5.83. The highest BCUT2D eigenvalue weighted by Gasteiger charge is 2.24. The molecule has 0 saturated heterocycles. The molecule has 1 unspecified atom stereocenters. The zero-order chi connectivity index (χ0) is 12.3. The maximum atomic E-state index is 11.6. The van der Waals surface area contributed by atoms with Crippen molar-refractivity contribution in [2.24, 2.45) is 10.9 Å². The van der Waals surface area contributed by atoms with Gasteiger partial charge >= 0.3 is 0 Å². The Kier molecular flexibility index (Phi) is 3.95. The van der Waals surface area contributed by atoms with E-state index in [0.717, 1.165) is 37.1 Å². The summed E-state index contributed by atoms with van der Waals surface area (Å²) in [7, 11) is 0. The molecular formula is C14H16ClNO. The highest BCUT2D eigenvalue weighted by Crippen LogP contribution is 2.26. The Hall–Kier alpha value is -1.15. The third kappa shape index (κ3) is 3.16. The lowest BCUT2D eigenvalue weighted by molar-refractivity contribution is -0.119. The molecule has 0 heterocycles. The molecule has 2 rings (SSSR count). The molecule has 1 aromatic rings. The highest BCUT2D eigenvalue weighted by molar-refractivity contribution is 6.30. The Balaban J connectivity index is 2.23. The minimum absolute atomic E-state index is 0.0272. The molecule has 1 aromatic carbocycles. The van der Waals surface area contributed by atoms with Crippen molar-refractivity contribution in [3.63, 3.8) is 0 Å². The van der Waals surface area contributed by atoms with E-state index < -0.39 is 0 Å². The number of Topliss-reactive ketones (excluding diaryl/α,β-unsaturated/α-hetero) is 1. The average molecular weight is 250 g/mol. The largest absolute Gasteiger partial charge is 0.299 e. The van der Waals surface area contributed by atoms with Gasteiger partial charge in [-0.1, -0.05) is 18.0 Å². The number of benzene rings is 1. The quantitative estimate of drug-likeness (QED) is 0.773. The number of carbonyl (C=O) groups is 1. The van der Waals surface area contributed by atoms with Crippen molar-refractivity contribution in [1.82, 2.24) is 0 Å². The summed E-state index contributed by atoms with van der Waals surface area (Å²) in [6, 6.07) is 7.43. The van der Waals surface area contributed by atoms with Crippen LogP contribution in [0.15, 0.2) is 29.3 Å². The first-order chi connectivity index (χ1) is 8.16. The standard InChI is InChI=1S/C14H16ClNO/c1-10(17)13-4-2-3-5-14(13)16-12-8-6-11(15)7-9-12/h6-9,13H,2-5H2,1H3. The molecule has 3 heteroatoms. The molecular weight excluding hydrogens is 234 g/mol. The van der Waals surface area contributed by atoms with E-state index >= 15 is 0 Å². The predicted molar refractivity (Wildman–Crippen MR) is 71.2 cm³/mol. The van der Waals surface area contributed by atoms with Crippen LogP contribution in [0.25, 0.3) is 0 Å². The molecule has 1 atom stereocenters. The third-order valence-corrected chi connectivity index (χ3v) is 3.42. The molecule has 0 aromatic heterocycles. The van der Waals surface area contributed by atoms with Gasteiger partial charge in [0.1, 0.15) is 5.78 Å². The van der Waals surface area contributed by atoms with Crippen LogP contribution in [0.5, 0.6) is 0 Å². The number of hydrogen-bond donors (Lipinski definition) is 0. The van der Waals surface area contributed by atoms with Gasteiger partial charge in [-0.2, -0.15) is 0 Å². The molecule has 2 nitrogen and oxygen atoms in total. The molecule has 1 saturated carbocycles. The van der Waals surface area contributed by atoms with Gasteiger partial charge in [-0.05, 0) is 50.5 Å². The lowest BCUT2D eigenvalue weighted by atomic mass is 9.84. The van der Waals surface area contributed by atoms with Gasteiger partial charge in [-0.3, -0.25) is 9.79 Å². The fourth-order valence-electron chi connectivity index (χ4n) is 2.25. The second kappa shape index (κ2) is 5.46. The molecule has 1 aliphatic rings. The van der Waals surface area contributed by atoms with Crippen LogP contribution in [0.3, 0.4) is 0 Å². The van der Waals surface area contributed by atoms with Crippen molar-refractivity contribution in [3.8, 4) is 0 Å². The summed E-state index contributed by atoms with van der Waals surface area (Å²) in [4.78, 5) is 16.2. The van der Waals surface area contributed by atoms with Gasteiger partial charge in [-0.25, -0.2) is 0 Å². The fourth-order valence-corrected chi connectivity index (χ4v) is 2.37. The Labute approximate surface area is 107 Å². The van der Waals surface area contributed by atoms with E-state index in [1.807, 2.05) is 24.3 Å². The number of nitrogens with zero attached hydrogens (tertiary/aromatic N) is 1. The molecule has 0 N–H and O–H groups in total. The van der Waals surface area contributed by atoms with Gasteiger partial charge in [0.25, 0.3) is 0 Å². The minimum atomic E-state index is 0.0272. The van der Waals surface area contributed by atoms with Crippen LogP contribution in [0.4, 0.5) is 5.69 Å². The number of aliphatic imine (C=N–C) groups is 1. The second-order valence-corrected chi connectivity index (χ2v) is 4.93. The van der Waals surface area contributed by atoms with E-state index in [9.17, 15) is 4.79 Å². The molecule has 0 spiro atoms. The number of carbonyl (C=O) groups excluding carboxylic acids is 1. The van der Waals surface area contributed by atoms with Crippen molar-refractivity contribution in [1.29, 1.82) is 0 Å². The summed E-state index contributed by atoms with van der Waals surface area (Å²) < 4.78 is 0. The maximum Gasteiger partial charge on any atom is 0.138 e. The Morgan fingerprint density at radius 1 is 1.29 bits per heavy atom. The van der Waals surface area contributed by atoms with Crippen LogP contribution in [0.1, 0.15) is 32.6 Å². The van der Waals surface area contributed by atoms with E-state index in [2.05, 4.69) is 4.99 Å². The zero-order valence-electron chi connectivity index (χ0n) is 9.95. The van der Waals surface area contributed by atoms with Crippen molar-refractivity contribution in [3.05, 3.63) is 29.3 Å². The normalized spacial score (nSPS) is 22.7. The van der Waals surface area contributed by atoms with Gasteiger partial charge in [0.2, 0.25) is 0 Å². The highest BCUT2D eigenvalue weighted by atomic mass is 35.5. The summed E-state index contributed by atoms with van der Waals surface area (Å²) in [5.41, 5.74) is 1.92. The molecule has 17 heavy (non-hydrogen) atoms. The number of ketones is 1. The zero-order valence-corrected chi connectivity index (χ0v) is 10.7. The second-order valence-electron chi connectivity index (χ2n) is 4.49. The number of halogens is 1. The Morgan fingerprint density at radius 2 is 2.00 bits per heavy atom. The van der Waals surface area contributed by atoms with Crippen molar-refractivity contribution < 1.29 is 4.79 Å². The van der Waals surface area contributed by atoms with Crippen molar-refractivity contribution >= 4 is 28.8 Å². The van der Waals surface area contributed by atoms with E-state index in [1.54, 1.807) is 6.92 Å². The Bertz CT molecular complexity index is 436. The van der Waals surface area contributed by atoms with Crippen molar-refractivity contribution in [2.75, 3.05) is 0 Å². The van der Waals surface area contributed by atoms with E-state index in [1.165, 1.54) is 0 Å². The number of rotatable bonds is 2. The van der Waals surface area contributed by atoms with E-state index in [4.69, 9.17) is 11.6 Å². The predicted octanol–water partition coefficient (Wildman–Crippen LogP) is 4.19. The van der Waals surface area contributed by atoms with Gasteiger partial charge in [-0.15, -0.1) is 0 Å². The Morgan fingerprint density at radius 3 is 2.65 bits per heavy atom. The third-order valence-electron chi connectivity index (χ3n) is 3.17. The average Bonchev–Trinajstić information content (AvgIpc) is 2.32. The molecule has 0 aliphatic heterocycles. The topological polar surface area (TPSA) is 29.4 Å². The van der Waals surface area contributed by atoms with Gasteiger partial charge in [0, 0.05) is 10.7 Å². The molecule has 90 valence electrons. The van der Waals surface area contributed by atoms with Gasteiger partial charge < -0.3 is 0 Å². The molecule has 0 amide bonds. The van der Waals surface area contributed by atoms with E-state index in [0.29, 0.717) is 5.02 Å². The summed E-state index contributed by atoms with van der Waals surface area (Å²) in [5.74, 6) is 0.261. The first kappa shape index (κ1) is 12.3. The lowest BCUT2D eigenvalue weighted by Crippen LogP contribution is -2.25. The molecule has 0 radical (unpaired) electrons. The van der Waals surface area contributed by atoms with Crippen LogP contribution in [0.2, 0.25) is 5.02 Å². The van der Waals surface area contributed by atoms with Gasteiger partial charge in [0.05, 0.1) is 11.6 Å². The van der Waals surface area contributed by atoms with Crippen LogP contribution in [-0.4, -0.2) is 11.5 Å². The smallest absolute Gasteiger partial charge is 0.138 e. The molecule has 0 bridgehead atoms. The van der Waals surface area contributed by atoms with Gasteiger partial charge in [0.15, 0.2) is 0 Å². The summed E-state index contributed by atoms with van der Waals surface area (Å²) in [5, 5.41) is 0.709. The maximum absolute atomic E-state index is 11.6. The molecule has 1 aliphatic carbocycles. The minimum Gasteiger partial charge on any atom is -0.299 e. The first-order valence-electron chi connectivity index (χ1n) is 6.00. The lowest BCUT2D eigenvalue weighted by Gasteiger charge is -2.21.